The first kappa shape index (κ1) is 15.2. The highest BCUT2D eigenvalue weighted by molar-refractivity contribution is 5.35. The van der Waals surface area contributed by atoms with Gasteiger partial charge in [-0.15, -0.1) is 0 Å². The summed E-state index contributed by atoms with van der Waals surface area (Å²) < 4.78 is 37.7. The standard InChI is InChI=1S/C15H20F3NO/c1-10-2-7-14(20)11(8-10)9-19-13-5-3-12(4-6-13)15(16,17)18/h2,7-8,12-13,19-20H,3-6,9H2,1H3. The molecule has 0 saturated heterocycles. The van der Waals surface area contributed by atoms with E-state index < -0.39 is 12.1 Å². The van der Waals surface area contributed by atoms with Crippen LogP contribution >= 0.6 is 0 Å². The number of nitrogens with one attached hydrogen (secondary N) is 1. The second kappa shape index (κ2) is 6.04. The molecule has 0 spiro atoms. The number of aryl methyl sites for hydroxylation is 1. The van der Waals surface area contributed by atoms with E-state index in [-0.39, 0.29) is 24.6 Å². The van der Waals surface area contributed by atoms with Gasteiger partial charge >= 0.3 is 6.18 Å². The van der Waals surface area contributed by atoms with E-state index in [0.29, 0.717) is 19.4 Å². The molecule has 0 atom stereocenters. The number of aromatic hydroxyl groups is 1. The van der Waals surface area contributed by atoms with Gasteiger partial charge in [0.25, 0.3) is 0 Å². The van der Waals surface area contributed by atoms with Crippen molar-refractivity contribution in [3.63, 3.8) is 0 Å². The van der Waals surface area contributed by atoms with E-state index in [9.17, 15) is 18.3 Å². The first-order valence-corrected chi connectivity index (χ1v) is 6.95. The van der Waals surface area contributed by atoms with Crippen molar-refractivity contribution in [3.05, 3.63) is 29.3 Å². The van der Waals surface area contributed by atoms with Crippen molar-refractivity contribution in [3.8, 4) is 5.75 Å². The van der Waals surface area contributed by atoms with Crippen molar-refractivity contribution < 1.29 is 18.3 Å². The molecule has 2 N–H and O–H groups in total. The van der Waals surface area contributed by atoms with E-state index in [2.05, 4.69) is 5.32 Å². The number of hydrogen-bond donors (Lipinski definition) is 2. The topological polar surface area (TPSA) is 32.3 Å². The molecule has 1 aromatic carbocycles. The lowest BCUT2D eigenvalue weighted by Gasteiger charge is -2.30. The van der Waals surface area contributed by atoms with Gasteiger partial charge in [-0.25, -0.2) is 0 Å². The first-order valence-electron chi connectivity index (χ1n) is 6.95. The van der Waals surface area contributed by atoms with Crippen LogP contribution in [0.1, 0.15) is 36.8 Å². The SMILES string of the molecule is Cc1ccc(O)c(CNC2CCC(C(F)(F)F)CC2)c1. The van der Waals surface area contributed by atoms with Gasteiger partial charge in [0.05, 0.1) is 5.92 Å². The summed E-state index contributed by atoms with van der Waals surface area (Å²) in [6.45, 7) is 2.44. The van der Waals surface area contributed by atoms with E-state index in [0.717, 1.165) is 11.1 Å². The summed E-state index contributed by atoms with van der Waals surface area (Å²) in [5.74, 6) is -0.917. The van der Waals surface area contributed by atoms with Gasteiger partial charge in [-0.05, 0) is 38.7 Å². The normalized spacial score (nSPS) is 23.8. The molecule has 0 aliphatic heterocycles. The van der Waals surface area contributed by atoms with Crippen LogP contribution < -0.4 is 5.32 Å². The molecule has 2 rings (SSSR count). The summed E-state index contributed by atoms with van der Waals surface area (Å²) >= 11 is 0. The van der Waals surface area contributed by atoms with Gasteiger partial charge in [0, 0.05) is 18.2 Å². The van der Waals surface area contributed by atoms with Crippen LogP contribution in [0.15, 0.2) is 18.2 Å². The summed E-state index contributed by atoms with van der Waals surface area (Å²) in [7, 11) is 0. The molecular weight excluding hydrogens is 267 g/mol. The largest absolute Gasteiger partial charge is 0.508 e. The number of phenolic OH excluding ortho intramolecular Hbond substituents is 1. The molecule has 5 heteroatoms. The molecule has 0 unspecified atom stereocenters. The number of phenols is 1. The lowest BCUT2D eigenvalue weighted by Crippen LogP contribution is -2.36. The maximum Gasteiger partial charge on any atom is 0.391 e. The minimum absolute atomic E-state index is 0.105. The second-order valence-corrected chi connectivity index (χ2v) is 5.60. The molecule has 0 amide bonds. The molecule has 2 nitrogen and oxygen atoms in total. The smallest absolute Gasteiger partial charge is 0.391 e. The number of rotatable bonds is 3. The summed E-state index contributed by atoms with van der Waals surface area (Å²) in [6, 6.07) is 5.47. The molecule has 0 aromatic heterocycles. The molecule has 1 saturated carbocycles. The second-order valence-electron chi connectivity index (χ2n) is 5.60. The van der Waals surface area contributed by atoms with Crippen LogP contribution in [0.4, 0.5) is 13.2 Å². The zero-order chi connectivity index (χ0) is 14.8. The fraction of sp³-hybridized carbons (Fsp3) is 0.600. The van der Waals surface area contributed by atoms with Gasteiger partial charge in [0.2, 0.25) is 0 Å². The molecule has 1 aromatic rings. The van der Waals surface area contributed by atoms with Crippen LogP contribution in [0, 0.1) is 12.8 Å². The molecule has 1 aliphatic carbocycles. The maximum absolute atomic E-state index is 12.6. The molecule has 0 radical (unpaired) electrons. The summed E-state index contributed by atoms with van der Waals surface area (Å²) in [6.07, 6.45) is -2.59. The van der Waals surface area contributed by atoms with E-state index in [1.165, 1.54) is 0 Å². The van der Waals surface area contributed by atoms with Crippen LogP contribution in [0.2, 0.25) is 0 Å². The van der Waals surface area contributed by atoms with E-state index >= 15 is 0 Å². The first-order chi connectivity index (χ1) is 9.36. The minimum Gasteiger partial charge on any atom is -0.508 e. The number of benzene rings is 1. The highest BCUT2D eigenvalue weighted by Gasteiger charge is 2.41. The van der Waals surface area contributed by atoms with E-state index in [1.807, 2.05) is 19.1 Å². The fourth-order valence-electron chi connectivity index (χ4n) is 2.74. The van der Waals surface area contributed by atoms with Gasteiger partial charge in [-0.1, -0.05) is 17.7 Å². The van der Waals surface area contributed by atoms with E-state index in [4.69, 9.17) is 0 Å². The highest BCUT2D eigenvalue weighted by atomic mass is 19.4. The predicted molar refractivity (Wildman–Crippen MR) is 71.5 cm³/mol. The van der Waals surface area contributed by atoms with Crippen LogP contribution in [0.3, 0.4) is 0 Å². The molecule has 112 valence electrons. The third kappa shape index (κ3) is 3.88. The fourth-order valence-corrected chi connectivity index (χ4v) is 2.74. The third-order valence-electron chi connectivity index (χ3n) is 4.01. The van der Waals surface area contributed by atoms with Crippen LogP contribution in [0.25, 0.3) is 0 Å². The Kier molecular flexibility index (Phi) is 4.58. The van der Waals surface area contributed by atoms with Gasteiger partial charge in [0.1, 0.15) is 5.75 Å². The Hall–Kier alpha value is -1.23. The quantitative estimate of drug-likeness (QED) is 0.883. The van der Waals surface area contributed by atoms with Crippen LogP contribution in [-0.2, 0) is 6.54 Å². The average molecular weight is 287 g/mol. The molecule has 20 heavy (non-hydrogen) atoms. The summed E-state index contributed by atoms with van der Waals surface area (Å²) in [5.41, 5.74) is 1.85. The molecule has 1 fully saturated rings. The Morgan fingerprint density at radius 3 is 2.45 bits per heavy atom. The summed E-state index contributed by atoms with van der Waals surface area (Å²) in [4.78, 5) is 0. The molecular formula is C15H20F3NO. The Balaban J connectivity index is 1.83. The number of alkyl halides is 3. The lowest BCUT2D eigenvalue weighted by atomic mass is 9.85. The van der Waals surface area contributed by atoms with Crippen LogP contribution in [-0.4, -0.2) is 17.3 Å². The highest BCUT2D eigenvalue weighted by Crippen LogP contribution is 2.37. The van der Waals surface area contributed by atoms with Crippen LogP contribution in [0.5, 0.6) is 5.75 Å². The van der Waals surface area contributed by atoms with Gasteiger partial charge in [0.15, 0.2) is 0 Å². The Labute approximate surface area is 117 Å². The monoisotopic (exact) mass is 287 g/mol. The van der Waals surface area contributed by atoms with Crippen molar-refractivity contribution in [2.24, 2.45) is 5.92 Å². The zero-order valence-electron chi connectivity index (χ0n) is 11.5. The Morgan fingerprint density at radius 2 is 1.85 bits per heavy atom. The zero-order valence-corrected chi connectivity index (χ0v) is 11.5. The third-order valence-corrected chi connectivity index (χ3v) is 4.01. The van der Waals surface area contributed by atoms with Gasteiger partial charge in [-0.3, -0.25) is 0 Å². The average Bonchev–Trinajstić information content (AvgIpc) is 2.39. The summed E-state index contributed by atoms with van der Waals surface area (Å²) in [5, 5.41) is 13.0. The van der Waals surface area contributed by atoms with Crippen molar-refractivity contribution in [1.29, 1.82) is 0 Å². The molecule has 0 bridgehead atoms. The van der Waals surface area contributed by atoms with Crippen molar-refractivity contribution >= 4 is 0 Å². The lowest BCUT2D eigenvalue weighted by molar-refractivity contribution is -0.182. The van der Waals surface area contributed by atoms with E-state index in [1.54, 1.807) is 6.07 Å². The Bertz CT molecular complexity index is 451. The number of hydrogen-bond acceptors (Lipinski definition) is 2. The number of halogens is 3. The molecule has 0 heterocycles. The van der Waals surface area contributed by atoms with Crippen molar-refractivity contribution in [2.75, 3.05) is 0 Å². The Morgan fingerprint density at radius 1 is 1.20 bits per heavy atom. The molecule has 1 aliphatic rings. The van der Waals surface area contributed by atoms with Crippen molar-refractivity contribution in [2.45, 2.75) is 51.4 Å². The maximum atomic E-state index is 12.6. The van der Waals surface area contributed by atoms with Gasteiger partial charge < -0.3 is 10.4 Å². The van der Waals surface area contributed by atoms with Gasteiger partial charge in [-0.2, -0.15) is 13.2 Å². The minimum atomic E-state index is -4.06. The predicted octanol–water partition coefficient (Wildman–Crippen LogP) is 3.91. The van der Waals surface area contributed by atoms with Crippen molar-refractivity contribution in [1.82, 2.24) is 5.32 Å².